The molecule has 2 rings (SSSR count). The molecule has 1 heterocycles. The third-order valence-electron chi connectivity index (χ3n) is 4.21. The molecule has 0 radical (unpaired) electrons. The molecule has 0 spiro atoms. The summed E-state index contributed by atoms with van der Waals surface area (Å²) in [6.07, 6.45) is -5.11. The molecule has 0 saturated carbocycles. The Labute approximate surface area is 172 Å². The maximum Gasteiger partial charge on any atom is 0.435 e. The topological polar surface area (TPSA) is 70.8 Å². The molecular weight excluding hydrogens is 411 g/mol. The molecule has 6 nitrogen and oxygen atoms in total. The smallest absolute Gasteiger partial charge is 0.435 e. The molecule has 0 aliphatic rings. The molecule has 0 fully saturated rings. The summed E-state index contributed by atoms with van der Waals surface area (Å²) in [5.41, 5.74) is -1.000. The van der Waals surface area contributed by atoms with Crippen molar-refractivity contribution in [3.05, 3.63) is 47.2 Å². The number of hydrogen-bond acceptors (Lipinski definition) is 5. The fraction of sp³-hybridized carbons (Fsp3) is 0.526. The van der Waals surface area contributed by atoms with Crippen LogP contribution in [0, 0.1) is 0 Å². The summed E-state index contributed by atoms with van der Waals surface area (Å²) in [7, 11) is 0. The SMILES string of the molecule is CC(C)N(CC(O)COc1ccc(Cl)cc1)CC(O)Cn1ccc(C(F)(F)F)n1. The number of hydrogen-bond donors (Lipinski definition) is 2. The van der Waals surface area contributed by atoms with Crippen LogP contribution in [0.5, 0.6) is 5.75 Å². The number of rotatable bonds is 10. The second-order valence-electron chi connectivity index (χ2n) is 7.04. The zero-order valence-electron chi connectivity index (χ0n) is 16.2. The summed E-state index contributed by atoms with van der Waals surface area (Å²) in [5, 5.41) is 24.6. The lowest BCUT2D eigenvalue weighted by atomic mass is 10.2. The molecule has 1 aromatic carbocycles. The number of alkyl halides is 3. The van der Waals surface area contributed by atoms with Crippen LogP contribution in [-0.4, -0.2) is 62.8 Å². The maximum atomic E-state index is 12.6. The summed E-state index contributed by atoms with van der Waals surface area (Å²) in [4.78, 5) is 1.83. The van der Waals surface area contributed by atoms with Gasteiger partial charge < -0.3 is 14.9 Å². The number of nitrogens with zero attached hydrogens (tertiary/aromatic N) is 3. The third kappa shape index (κ3) is 7.85. The number of aliphatic hydroxyl groups excluding tert-OH is 2. The number of aliphatic hydroxyl groups is 2. The Hall–Kier alpha value is -1.81. The minimum absolute atomic E-state index is 0.00168. The Bertz CT molecular complexity index is 753. The lowest BCUT2D eigenvalue weighted by Gasteiger charge is -2.30. The Morgan fingerprint density at radius 3 is 2.28 bits per heavy atom. The average Bonchev–Trinajstić information content (AvgIpc) is 3.09. The van der Waals surface area contributed by atoms with Gasteiger partial charge in [0.25, 0.3) is 0 Å². The Morgan fingerprint density at radius 1 is 1.10 bits per heavy atom. The Balaban J connectivity index is 1.84. The lowest BCUT2D eigenvalue weighted by Crippen LogP contribution is -2.44. The van der Waals surface area contributed by atoms with Crippen molar-refractivity contribution in [3.8, 4) is 5.75 Å². The molecule has 29 heavy (non-hydrogen) atoms. The molecule has 0 bridgehead atoms. The molecule has 162 valence electrons. The van der Waals surface area contributed by atoms with Crippen molar-refractivity contribution in [3.63, 3.8) is 0 Å². The van der Waals surface area contributed by atoms with E-state index in [-0.39, 0.29) is 32.3 Å². The van der Waals surface area contributed by atoms with E-state index in [1.807, 2.05) is 18.7 Å². The minimum Gasteiger partial charge on any atom is -0.491 e. The fourth-order valence-corrected chi connectivity index (χ4v) is 2.83. The van der Waals surface area contributed by atoms with Gasteiger partial charge in [-0.2, -0.15) is 18.3 Å². The van der Waals surface area contributed by atoms with Gasteiger partial charge in [0.2, 0.25) is 0 Å². The quantitative estimate of drug-likeness (QED) is 0.600. The first-order valence-electron chi connectivity index (χ1n) is 9.13. The number of halogens is 4. The molecule has 2 atom stereocenters. The largest absolute Gasteiger partial charge is 0.491 e. The van der Waals surface area contributed by atoms with Crippen LogP contribution in [0.15, 0.2) is 36.5 Å². The summed E-state index contributed by atoms with van der Waals surface area (Å²) >= 11 is 5.81. The van der Waals surface area contributed by atoms with E-state index in [0.29, 0.717) is 10.8 Å². The predicted octanol–water partition coefficient (Wildman–Crippen LogP) is 3.07. The summed E-state index contributed by atoms with van der Waals surface area (Å²) in [5.74, 6) is 0.573. The van der Waals surface area contributed by atoms with Crippen LogP contribution < -0.4 is 4.74 Å². The third-order valence-corrected chi connectivity index (χ3v) is 4.46. The first kappa shape index (κ1) is 23.5. The van der Waals surface area contributed by atoms with Crippen molar-refractivity contribution in [2.45, 2.75) is 44.8 Å². The van der Waals surface area contributed by atoms with E-state index in [9.17, 15) is 23.4 Å². The highest BCUT2D eigenvalue weighted by molar-refractivity contribution is 6.30. The van der Waals surface area contributed by atoms with Gasteiger partial charge in [0.05, 0.1) is 12.6 Å². The monoisotopic (exact) mass is 435 g/mol. The molecule has 2 aromatic rings. The Kier molecular flexibility index (Phi) is 8.33. The average molecular weight is 436 g/mol. The van der Waals surface area contributed by atoms with E-state index in [0.717, 1.165) is 10.7 Å². The van der Waals surface area contributed by atoms with Crippen molar-refractivity contribution < 1.29 is 28.1 Å². The van der Waals surface area contributed by atoms with E-state index in [1.54, 1.807) is 24.3 Å². The van der Waals surface area contributed by atoms with Crippen LogP contribution in [-0.2, 0) is 12.7 Å². The van der Waals surface area contributed by atoms with E-state index < -0.39 is 24.1 Å². The Morgan fingerprint density at radius 2 is 1.72 bits per heavy atom. The van der Waals surface area contributed by atoms with Crippen LogP contribution in [0.1, 0.15) is 19.5 Å². The van der Waals surface area contributed by atoms with Crippen molar-refractivity contribution in [2.24, 2.45) is 0 Å². The van der Waals surface area contributed by atoms with Crippen molar-refractivity contribution in [1.29, 1.82) is 0 Å². The second-order valence-corrected chi connectivity index (χ2v) is 7.48. The molecular formula is C19H25ClF3N3O3. The van der Waals surface area contributed by atoms with Gasteiger partial charge in [-0.05, 0) is 44.2 Å². The summed E-state index contributed by atoms with van der Waals surface area (Å²) in [6.45, 7) is 4.15. The van der Waals surface area contributed by atoms with Gasteiger partial charge >= 0.3 is 6.18 Å². The highest BCUT2D eigenvalue weighted by Gasteiger charge is 2.33. The van der Waals surface area contributed by atoms with Crippen LogP contribution in [0.2, 0.25) is 5.02 Å². The molecule has 2 N–H and O–H groups in total. The van der Waals surface area contributed by atoms with Gasteiger partial charge in [-0.3, -0.25) is 9.58 Å². The zero-order valence-corrected chi connectivity index (χ0v) is 16.9. The standard InChI is InChI=1S/C19H25ClF3N3O3/c1-13(2)25(10-16(28)12-29-17-5-3-14(20)4-6-17)9-15(27)11-26-8-7-18(24-26)19(21,22)23/h3-8,13,15-16,27-28H,9-12H2,1-2H3. The van der Waals surface area contributed by atoms with Gasteiger partial charge in [0, 0.05) is 30.4 Å². The van der Waals surface area contributed by atoms with Crippen LogP contribution >= 0.6 is 11.6 Å². The normalized spacial score (nSPS) is 14.4. The summed E-state index contributed by atoms with van der Waals surface area (Å²) in [6, 6.07) is 7.61. The van der Waals surface area contributed by atoms with Crippen LogP contribution in [0.4, 0.5) is 13.2 Å². The van der Waals surface area contributed by atoms with Gasteiger partial charge in [0.15, 0.2) is 5.69 Å². The van der Waals surface area contributed by atoms with Gasteiger partial charge in [-0.1, -0.05) is 11.6 Å². The molecule has 0 amide bonds. The van der Waals surface area contributed by atoms with Gasteiger partial charge in [-0.15, -0.1) is 0 Å². The van der Waals surface area contributed by atoms with Crippen LogP contribution in [0.3, 0.4) is 0 Å². The highest BCUT2D eigenvalue weighted by atomic mass is 35.5. The minimum atomic E-state index is -4.52. The number of ether oxygens (including phenoxy) is 1. The first-order chi connectivity index (χ1) is 13.5. The molecule has 0 saturated heterocycles. The lowest BCUT2D eigenvalue weighted by molar-refractivity contribution is -0.141. The summed E-state index contributed by atoms with van der Waals surface area (Å²) < 4.78 is 44.4. The number of aromatic nitrogens is 2. The highest BCUT2D eigenvalue weighted by Crippen LogP contribution is 2.27. The molecule has 1 aromatic heterocycles. The molecule has 10 heteroatoms. The molecule has 0 aliphatic carbocycles. The van der Waals surface area contributed by atoms with E-state index in [4.69, 9.17) is 16.3 Å². The fourth-order valence-electron chi connectivity index (χ4n) is 2.70. The first-order valence-corrected chi connectivity index (χ1v) is 9.51. The number of benzene rings is 1. The van der Waals surface area contributed by atoms with Gasteiger partial charge in [-0.25, -0.2) is 0 Å². The van der Waals surface area contributed by atoms with Crippen molar-refractivity contribution in [2.75, 3.05) is 19.7 Å². The van der Waals surface area contributed by atoms with E-state index in [1.165, 1.54) is 6.20 Å². The maximum absolute atomic E-state index is 12.6. The zero-order chi connectivity index (χ0) is 21.6. The molecule has 0 aliphatic heterocycles. The second kappa shape index (κ2) is 10.3. The van der Waals surface area contributed by atoms with E-state index in [2.05, 4.69) is 5.10 Å². The van der Waals surface area contributed by atoms with Crippen molar-refractivity contribution >= 4 is 11.6 Å². The molecule has 2 unspecified atom stereocenters. The van der Waals surface area contributed by atoms with E-state index >= 15 is 0 Å². The van der Waals surface area contributed by atoms with Crippen molar-refractivity contribution in [1.82, 2.24) is 14.7 Å². The van der Waals surface area contributed by atoms with Gasteiger partial charge in [0.1, 0.15) is 18.5 Å². The predicted molar refractivity (Wildman–Crippen MR) is 103 cm³/mol. The van der Waals surface area contributed by atoms with Crippen LogP contribution in [0.25, 0.3) is 0 Å².